The quantitative estimate of drug-likeness (QED) is 0.774. The molecule has 1 N–H and O–H groups in total. The molecular weight excluding hydrogens is 234 g/mol. The molecule has 96 valence electrons. The van der Waals surface area contributed by atoms with Gasteiger partial charge in [0.05, 0.1) is 5.69 Å². The van der Waals surface area contributed by atoms with Gasteiger partial charge in [-0.25, -0.2) is 0 Å². The first-order valence-electron chi connectivity index (χ1n) is 6.40. The highest BCUT2D eigenvalue weighted by Gasteiger charge is 2.13. The summed E-state index contributed by atoms with van der Waals surface area (Å²) in [5.41, 5.74) is 4.81. The largest absolute Gasteiger partial charge is 0.354 e. The van der Waals surface area contributed by atoms with Gasteiger partial charge < -0.3 is 9.88 Å². The zero-order valence-corrected chi connectivity index (χ0v) is 11.2. The molecule has 0 atom stereocenters. The molecule has 0 amide bonds. The Morgan fingerprint density at radius 1 is 1.11 bits per heavy atom. The second-order valence-electron chi connectivity index (χ2n) is 5.00. The number of nitrogens with one attached hydrogen (secondary N) is 1. The van der Waals surface area contributed by atoms with E-state index in [1.54, 1.807) is 6.20 Å². The smallest absolute Gasteiger partial charge is 0.0526 e. The monoisotopic (exact) mass is 251 g/mol. The number of rotatable bonds is 3. The number of aromatic nitrogens is 2. The normalized spacial score (nSPS) is 11.3. The maximum absolute atomic E-state index is 4.22. The Bertz CT molecular complexity index is 684. The molecule has 19 heavy (non-hydrogen) atoms. The van der Waals surface area contributed by atoms with Gasteiger partial charge in [-0.15, -0.1) is 0 Å². The molecule has 0 aliphatic carbocycles. The van der Waals surface area contributed by atoms with Crippen LogP contribution < -0.4 is 0 Å². The molecular formula is C16H17N3. The van der Waals surface area contributed by atoms with Crippen LogP contribution >= 0.6 is 0 Å². The number of pyridine rings is 1. The predicted molar refractivity (Wildman–Crippen MR) is 78.9 cm³/mol. The van der Waals surface area contributed by atoms with E-state index in [0.717, 1.165) is 12.1 Å². The van der Waals surface area contributed by atoms with E-state index in [-0.39, 0.29) is 0 Å². The second kappa shape index (κ2) is 4.86. The minimum Gasteiger partial charge on any atom is -0.354 e. The molecule has 0 fully saturated rings. The van der Waals surface area contributed by atoms with E-state index >= 15 is 0 Å². The molecule has 0 aliphatic rings. The third-order valence-corrected chi connectivity index (χ3v) is 3.24. The van der Waals surface area contributed by atoms with Crippen molar-refractivity contribution in [2.24, 2.45) is 0 Å². The molecule has 0 radical (unpaired) electrons. The molecule has 3 aromatic rings. The van der Waals surface area contributed by atoms with Gasteiger partial charge in [0.1, 0.15) is 0 Å². The first-order valence-corrected chi connectivity index (χ1v) is 6.40. The fourth-order valence-corrected chi connectivity index (χ4v) is 2.44. The van der Waals surface area contributed by atoms with Gasteiger partial charge in [0.25, 0.3) is 0 Å². The van der Waals surface area contributed by atoms with E-state index < -0.39 is 0 Å². The first kappa shape index (κ1) is 11.9. The number of benzene rings is 1. The summed E-state index contributed by atoms with van der Waals surface area (Å²) in [6.45, 7) is 0.911. The van der Waals surface area contributed by atoms with Crippen LogP contribution in [0, 0.1) is 0 Å². The van der Waals surface area contributed by atoms with Gasteiger partial charge >= 0.3 is 0 Å². The molecule has 2 heterocycles. The summed E-state index contributed by atoms with van der Waals surface area (Å²) in [5.74, 6) is 0. The van der Waals surface area contributed by atoms with E-state index in [9.17, 15) is 0 Å². The van der Waals surface area contributed by atoms with Gasteiger partial charge in [0.15, 0.2) is 0 Å². The molecule has 0 unspecified atom stereocenters. The summed E-state index contributed by atoms with van der Waals surface area (Å²) >= 11 is 0. The minimum absolute atomic E-state index is 0.911. The zero-order chi connectivity index (χ0) is 13.2. The lowest BCUT2D eigenvalue weighted by Crippen LogP contribution is -2.11. The Morgan fingerprint density at radius 3 is 2.68 bits per heavy atom. The molecule has 0 bridgehead atoms. The highest BCUT2D eigenvalue weighted by Crippen LogP contribution is 2.30. The standard InChI is InChI=1S/C16H17N3/c1-19(2)11-14-13-7-3-4-8-15(13)18-16(14)12-6-5-9-17-10-12/h3-10,18H,11H2,1-2H3. The van der Waals surface area contributed by atoms with Crippen LogP contribution in [-0.2, 0) is 6.54 Å². The number of para-hydroxylation sites is 1. The van der Waals surface area contributed by atoms with E-state index in [1.807, 2.05) is 12.3 Å². The van der Waals surface area contributed by atoms with E-state index in [0.29, 0.717) is 0 Å². The second-order valence-corrected chi connectivity index (χ2v) is 5.00. The van der Waals surface area contributed by atoms with Crippen molar-refractivity contribution >= 4 is 10.9 Å². The molecule has 3 heteroatoms. The third kappa shape index (κ3) is 2.25. The van der Waals surface area contributed by atoms with Crippen molar-refractivity contribution in [2.45, 2.75) is 6.54 Å². The molecule has 3 nitrogen and oxygen atoms in total. The fraction of sp³-hybridized carbons (Fsp3) is 0.188. The molecule has 2 aromatic heterocycles. The summed E-state index contributed by atoms with van der Waals surface area (Å²) in [6.07, 6.45) is 3.71. The number of aromatic amines is 1. The number of H-pyrrole nitrogens is 1. The zero-order valence-electron chi connectivity index (χ0n) is 11.2. The predicted octanol–water partition coefficient (Wildman–Crippen LogP) is 3.29. The SMILES string of the molecule is CN(C)Cc1c(-c2cccnc2)[nH]c2ccccc12. The van der Waals surface area contributed by atoms with E-state index in [2.05, 4.69) is 59.3 Å². The number of fused-ring (bicyclic) bond motifs is 1. The van der Waals surface area contributed by atoms with Gasteiger partial charge in [-0.2, -0.15) is 0 Å². The number of hydrogen-bond acceptors (Lipinski definition) is 2. The Kier molecular flexibility index (Phi) is 3.05. The maximum Gasteiger partial charge on any atom is 0.0526 e. The fourth-order valence-electron chi connectivity index (χ4n) is 2.44. The molecule has 0 saturated heterocycles. The number of nitrogens with zero attached hydrogens (tertiary/aromatic N) is 2. The number of hydrogen-bond donors (Lipinski definition) is 1. The van der Waals surface area contributed by atoms with Gasteiger partial charge in [-0.3, -0.25) is 4.98 Å². The van der Waals surface area contributed by atoms with Crippen molar-refractivity contribution in [3.63, 3.8) is 0 Å². The third-order valence-electron chi connectivity index (χ3n) is 3.24. The highest BCUT2D eigenvalue weighted by molar-refractivity contribution is 5.90. The van der Waals surface area contributed by atoms with Gasteiger partial charge in [-0.1, -0.05) is 18.2 Å². The van der Waals surface area contributed by atoms with Crippen LogP contribution in [0.15, 0.2) is 48.8 Å². The lowest BCUT2D eigenvalue weighted by molar-refractivity contribution is 0.404. The maximum atomic E-state index is 4.22. The average molecular weight is 251 g/mol. The summed E-state index contributed by atoms with van der Waals surface area (Å²) in [5, 5.41) is 1.29. The van der Waals surface area contributed by atoms with Gasteiger partial charge in [0.2, 0.25) is 0 Å². The van der Waals surface area contributed by atoms with Crippen molar-refractivity contribution in [1.82, 2.24) is 14.9 Å². The van der Waals surface area contributed by atoms with Crippen molar-refractivity contribution < 1.29 is 0 Å². The van der Waals surface area contributed by atoms with E-state index in [4.69, 9.17) is 0 Å². The Labute approximate surface area is 112 Å². The van der Waals surface area contributed by atoms with Crippen LogP contribution in [0.25, 0.3) is 22.2 Å². The van der Waals surface area contributed by atoms with Crippen molar-refractivity contribution in [2.75, 3.05) is 14.1 Å². The Balaban J connectivity index is 2.23. The minimum atomic E-state index is 0.911. The molecule has 3 rings (SSSR count). The molecule has 1 aromatic carbocycles. The van der Waals surface area contributed by atoms with Crippen LogP contribution in [0.3, 0.4) is 0 Å². The van der Waals surface area contributed by atoms with Crippen LogP contribution in [0.2, 0.25) is 0 Å². The van der Waals surface area contributed by atoms with Crippen LogP contribution in [-0.4, -0.2) is 29.0 Å². The summed E-state index contributed by atoms with van der Waals surface area (Å²) in [6, 6.07) is 12.5. The first-order chi connectivity index (χ1) is 9.25. The molecule has 0 saturated carbocycles. The summed E-state index contributed by atoms with van der Waals surface area (Å²) in [4.78, 5) is 9.93. The van der Waals surface area contributed by atoms with Crippen molar-refractivity contribution in [3.05, 3.63) is 54.4 Å². The van der Waals surface area contributed by atoms with Crippen LogP contribution in [0.5, 0.6) is 0 Å². The Hall–Kier alpha value is -2.13. The lowest BCUT2D eigenvalue weighted by Gasteiger charge is -2.11. The van der Waals surface area contributed by atoms with E-state index in [1.165, 1.54) is 22.2 Å². The summed E-state index contributed by atoms with van der Waals surface area (Å²) in [7, 11) is 4.18. The van der Waals surface area contributed by atoms with Crippen LogP contribution in [0.4, 0.5) is 0 Å². The van der Waals surface area contributed by atoms with Gasteiger partial charge in [-0.05, 0) is 37.9 Å². The molecule has 0 aliphatic heterocycles. The van der Waals surface area contributed by atoms with Crippen LogP contribution in [0.1, 0.15) is 5.56 Å². The summed E-state index contributed by atoms with van der Waals surface area (Å²) < 4.78 is 0. The topological polar surface area (TPSA) is 31.9 Å². The lowest BCUT2D eigenvalue weighted by atomic mass is 10.1. The van der Waals surface area contributed by atoms with Gasteiger partial charge in [0, 0.05) is 35.4 Å². The Morgan fingerprint density at radius 2 is 1.95 bits per heavy atom. The molecule has 0 spiro atoms. The van der Waals surface area contributed by atoms with Crippen molar-refractivity contribution in [3.8, 4) is 11.3 Å². The average Bonchev–Trinajstić information content (AvgIpc) is 2.78. The highest BCUT2D eigenvalue weighted by atomic mass is 15.1. The van der Waals surface area contributed by atoms with Crippen molar-refractivity contribution in [1.29, 1.82) is 0 Å².